The minimum absolute atomic E-state index is 0.0959. The third kappa shape index (κ3) is 3.55. The summed E-state index contributed by atoms with van der Waals surface area (Å²) in [6.45, 7) is 9.50. The van der Waals surface area contributed by atoms with Crippen molar-refractivity contribution >= 4 is 5.97 Å². The van der Waals surface area contributed by atoms with E-state index in [0.717, 1.165) is 36.5 Å². The molecule has 5 rings (SSSR count). The summed E-state index contributed by atoms with van der Waals surface area (Å²) >= 11 is 0. The molecule has 0 aliphatic heterocycles. The zero-order valence-electron chi connectivity index (χ0n) is 20.9. The molecular weight excluding hydrogens is 392 g/mol. The topological polar surface area (TPSA) is 26.3 Å². The smallest absolute Gasteiger partial charge is 0.302 e. The van der Waals surface area contributed by atoms with E-state index in [2.05, 4.69) is 51.1 Å². The van der Waals surface area contributed by atoms with Gasteiger partial charge in [0, 0.05) is 6.92 Å². The highest BCUT2D eigenvalue weighted by molar-refractivity contribution is 5.66. The monoisotopic (exact) mass is 436 g/mol. The van der Waals surface area contributed by atoms with Crippen molar-refractivity contribution in [2.75, 3.05) is 0 Å². The Bertz CT molecular complexity index is 832. The molecule has 0 saturated heterocycles. The number of ether oxygens (including phenoxy) is 1. The van der Waals surface area contributed by atoms with Crippen LogP contribution in [0.15, 0.2) is 30.3 Å². The summed E-state index contributed by atoms with van der Waals surface area (Å²) in [5, 5.41) is 0. The van der Waals surface area contributed by atoms with E-state index in [1.165, 1.54) is 63.4 Å². The second-order valence-corrected chi connectivity index (χ2v) is 12.7. The van der Waals surface area contributed by atoms with Crippen LogP contribution in [0.2, 0.25) is 0 Å². The number of esters is 1. The SMILES string of the molecule is CC(=O)O[C@H]1CC[C@@]2(C)[C@@H](CC[C@H]3[C@H]2CC[C@]2(C)[C@@H]3CC[C@]2(C)CCc2ccccc2)C1. The lowest BCUT2D eigenvalue weighted by molar-refractivity contribution is -0.162. The highest BCUT2D eigenvalue weighted by Crippen LogP contribution is 2.71. The first-order valence-electron chi connectivity index (χ1n) is 13.5. The predicted molar refractivity (Wildman–Crippen MR) is 130 cm³/mol. The summed E-state index contributed by atoms with van der Waals surface area (Å²) in [5.41, 5.74) is 2.95. The van der Waals surface area contributed by atoms with Crippen LogP contribution in [0, 0.1) is 39.9 Å². The normalized spacial score (nSPS) is 45.4. The molecule has 2 nitrogen and oxygen atoms in total. The van der Waals surface area contributed by atoms with Gasteiger partial charge in [-0.25, -0.2) is 0 Å². The van der Waals surface area contributed by atoms with Gasteiger partial charge in [-0.05, 0) is 116 Å². The van der Waals surface area contributed by atoms with E-state index < -0.39 is 0 Å². The first-order chi connectivity index (χ1) is 15.3. The number of rotatable bonds is 4. The number of carbonyl (C=O) groups excluding carboxylic acids is 1. The van der Waals surface area contributed by atoms with Gasteiger partial charge in [-0.1, -0.05) is 51.1 Å². The van der Waals surface area contributed by atoms with Crippen LogP contribution in [-0.4, -0.2) is 12.1 Å². The molecule has 4 aliphatic rings. The largest absolute Gasteiger partial charge is 0.463 e. The third-order valence-corrected chi connectivity index (χ3v) is 11.5. The van der Waals surface area contributed by atoms with E-state index in [0.29, 0.717) is 16.2 Å². The first-order valence-corrected chi connectivity index (χ1v) is 13.5. The van der Waals surface area contributed by atoms with Crippen molar-refractivity contribution in [2.45, 2.75) is 104 Å². The molecule has 4 fully saturated rings. The van der Waals surface area contributed by atoms with Crippen molar-refractivity contribution in [2.24, 2.45) is 39.9 Å². The molecule has 2 heteroatoms. The Labute approximate surface area is 195 Å². The van der Waals surface area contributed by atoms with Gasteiger partial charge in [0.15, 0.2) is 0 Å². The van der Waals surface area contributed by atoms with E-state index in [4.69, 9.17) is 4.74 Å². The molecule has 0 spiro atoms. The molecular formula is C30H44O2. The Morgan fingerprint density at radius 1 is 0.938 bits per heavy atom. The van der Waals surface area contributed by atoms with Crippen LogP contribution in [-0.2, 0) is 16.0 Å². The van der Waals surface area contributed by atoms with Gasteiger partial charge in [0.05, 0.1) is 0 Å². The number of hydrogen-bond donors (Lipinski definition) is 0. The van der Waals surface area contributed by atoms with Crippen LogP contribution in [0.3, 0.4) is 0 Å². The number of benzene rings is 1. The zero-order valence-corrected chi connectivity index (χ0v) is 20.9. The Hall–Kier alpha value is -1.31. The van der Waals surface area contributed by atoms with Crippen molar-refractivity contribution < 1.29 is 9.53 Å². The summed E-state index contributed by atoms with van der Waals surface area (Å²) in [6.07, 6.45) is 14.6. The standard InChI is InChI=1S/C30H44O2/c1-21(31)32-24-13-18-29(3)23(20-24)10-11-25-26(29)15-19-30(4)27(25)14-17-28(30,2)16-12-22-8-6-5-7-9-22/h5-9,23-27H,10-20H2,1-4H3/t23-,24-,25-,26+,27+,28-,29-,30+/m0/s1. The van der Waals surface area contributed by atoms with Crippen molar-refractivity contribution in [3.8, 4) is 0 Å². The van der Waals surface area contributed by atoms with E-state index >= 15 is 0 Å². The minimum Gasteiger partial charge on any atom is -0.463 e. The van der Waals surface area contributed by atoms with Gasteiger partial charge in [-0.15, -0.1) is 0 Å². The van der Waals surface area contributed by atoms with Crippen molar-refractivity contribution in [1.29, 1.82) is 0 Å². The quantitative estimate of drug-likeness (QED) is 0.454. The summed E-state index contributed by atoms with van der Waals surface area (Å²) in [4.78, 5) is 11.5. The second kappa shape index (κ2) is 8.17. The summed E-state index contributed by atoms with van der Waals surface area (Å²) in [7, 11) is 0. The number of carbonyl (C=O) groups is 1. The maximum atomic E-state index is 11.5. The fraction of sp³-hybridized carbons (Fsp3) is 0.767. The fourth-order valence-corrected chi connectivity index (χ4v) is 9.40. The Balaban J connectivity index is 1.31. The van der Waals surface area contributed by atoms with Gasteiger partial charge in [0.25, 0.3) is 0 Å². The Morgan fingerprint density at radius 3 is 2.44 bits per heavy atom. The number of hydrogen-bond acceptors (Lipinski definition) is 2. The van der Waals surface area contributed by atoms with Crippen molar-refractivity contribution in [3.05, 3.63) is 35.9 Å². The lowest BCUT2D eigenvalue weighted by Crippen LogP contribution is -2.55. The van der Waals surface area contributed by atoms with Crippen LogP contribution in [0.4, 0.5) is 0 Å². The molecule has 4 saturated carbocycles. The highest BCUT2D eigenvalue weighted by Gasteiger charge is 2.63. The zero-order chi connectivity index (χ0) is 22.6. The molecule has 0 aromatic heterocycles. The molecule has 176 valence electrons. The Morgan fingerprint density at radius 2 is 1.69 bits per heavy atom. The molecule has 0 radical (unpaired) electrons. The molecule has 0 heterocycles. The van der Waals surface area contributed by atoms with Gasteiger partial charge in [-0.3, -0.25) is 4.79 Å². The van der Waals surface area contributed by atoms with Crippen LogP contribution >= 0.6 is 0 Å². The van der Waals surface area contributed by atoms with Gasteiger partial charge >= 0.3 is 5.97 Å². The van der Waals surface area contributed by atoms with Crippen LogP contribution in [0.25, 0.3) is 0 Å². The van der Waals surface area contributed by atoms with Crippen LogP contribution in [0.5, 0.6) is 0 Å². The molecule has 0 unspecified atom stereocenters. The molecule has 0 amide bonds. The lowest BCUT2D eigenvalue weighted by atomic mass is 9.43. The minimum atomic E-state index is -0.0959. The van der Waals surface area contributed by atoms with Gasteiger partial charge in [-0.2, -0.15) is 0 Å². The van der Waals surface area contributed by atoms with E-state index in [1.54, 1.807) is 6.92 Å². The summed E-state index contributed by atoms with van der Waals surface area (Å²) < 4.78 is 5.66. The molecule has 32 heavy (non-hydrogen) atoms. The Kier molecular flexibility index (Phi) is 5.74. The lowest BCUT2D eigenvalue weighted by Gasteiger charge is -2.62. The van der Waals surface area contributed by atoms with Gasteiger partial charge in [0.2, 0.25) is 0 Å². The molecule has 1 aromatic rings. The number of aryl methyl sites for hydroxylation is 1. The summed E-state index contributed by atoms with van der Waals surface area (Å²) in [5.74, 6) is 3.36. The van der Waals surface area contributed by atoms with Gasteiger partial charge < -0.3 is 4.74 Å². The van der Waals surface area contributed by atoms with Gasteiger partial charge in [0.1, 0.15) is 6.10 Å². The van der Waals surface area contributed by atoms with E-state index in [-0.39, 0.29) is 12.1 Å². The molecule has 8 atom stereocenters. The third-order valence-electron chi connectivity index (χ3n) is 11.5. The first kappa shape index (κ1) is 22.5. The number of fused-ring (bicyclic) bond motifs is 5. The van der Waals surface area contributed by atoms with E-state index in [1.807, 2.05) is 0 Å². The highest BCUT2D eigenvalue weighted by atomic mass is 16.5. The van der Waals surface area contributed by atoms with Crippen LogP contribution in [0.1, 0.15) is 97.5 Å². The molecule has 4 aliphatic carbocycles. The molecule has 0 bridgehead atoms. The van der Waals surface area contributed by atoms with E-state index in [9.17, 15) is 4.79 Å². The van der Waals surface area contributed by atoms with Crippen molar-refractivity contribution in [3.63, 3.8) is 0 Å². The predicted octanol–water partition coefficient (Wildman–Crippen LogP) is 7.60. The summed E-state index contributed by atoms with van der Waals surface area (Å²) in [6, 6.07) is 11.1. The molecule has 0 N–H and O–H groups in total. The van der Waals surface area contributed by atoms with Crippen molar-refractivity contribution in [1.82, 2.24) is 0 Å². The maximum Gasteiger partial charge on any atom is 0.302 e. The van der Waals surface area contributed by atoms with Crippen LogP contribution < -0.4 is 0 Å². The average Bonchev–Trinajstić information content (AvgIpc) is 3.04. The molecule has 1 aromatic carbocycles. The second-order valence-electron chi connectivity index (χ2n) is 12.7. The fourth-order valence-electron chi connectivity index (χ4n) is 9.40. The average molecular weight is 437 g/mol. The maximum absolute atomic E-state index is 11.5.